The van der Waals surface area contributed by atoms with E-state index in [9.17, 15) is 4.79 Å². The molecule has 0 atom stereocenters. The van der Waals surface area contributed by atoms with Gasteiger partial charge in [0.2, 0.25) is 11.7 Å². The van der Waals surface area contributed by atoms with Crippen LogP contribution in [0.2, 0.25) is 0 Å². The summed E-state index contributed by atoms with van der Waals surface area (Å²) in [5, 5.41) is 2.92. The first-order chi connectivity index (χ1) is 12.3. The van der Waals surface area contributed by atoms with Gasteiger partial charge in [-0.3, -0.25) is 4.79 Å². The summed E-state index contributed by atoms with van der Waals surface area (Å²) < 4.78 is 15.9. The largest absolute Gasteiger partial charge is 0.493 e. The van der Waals surface area contributed by atoms with Gasteiger partial charge in [0.15, 0.2) is 11.5 Å². The summed E-state index contributed by atoms with van der Waals surface area (Å²) in [6, 6.07) is 3.47. The fraction of sp³-hybridized carbons (Fsp3) is 0.650. The minimum atomic E-state index is -0.0308. The highest BCUT2D eigenvalue weighted by Crippen LogP contribution is 2.39. The second kappa shape index (κ2) is 10.9. The molecule has 6 nitrogen and oxygen atoms in total. The summed E-state index contributed by atoms with van der Waals surface area (Å²) in [5.41, 5.74) is 0.628. The number of carbonyl (C=O) groups excluding carboxylic acids is 1. The number of anilines is 1. The molecule has 0 aliphatic heterocycles. The summed E-state index contributed by atoms with van der Waals surface area (Å²) in [6.07, 6.45) is 0.441. The molecular formula is C20H34N2O4. The Morgan fingerprint density at radius 2 is 1.46 bits per heavy atom. The molecule has 1 amide bonds. The summed E-state index contributed by atoms with van der Waals surface area (Å²) in [4.78, 5) is 14.7. The highest BCUT2D eigenvalue weighted by atomic mass is 16.5. The fourth-order valence-electron chi connectivity index (χ4n) is 2.93. The highest BCUT2D eigenvalue weighted by molar-refractivity contribution is 5.91. The maximum Gasteiger partial charge on any atom is 0.225 e. The molecule has 0 radical (unpaired) electrons. The molecule has 148 valence electrons. The summed E-state index contributed by atoms with van der Waals surface area (Å²) in [5.74, 6) is 2.66. The fourth-order valence-corrected chi connectivity index (χ4v) is 2.93. The minimum absolute atomic E-state index is 0.0308. The Morgan fingerprint density at radius 3 is 1.85 bits per heavy atom. The first-order valence-electron chi connectivity index (χ1n) is 9.12. The van der Waals surface area contributed by atoms with Crippen LogP contribution < -0.4 is 19.5 Å². The molecule has 1 N–H and O–H groups in total. The Hall–Kier alpha value is -1.95. The van der Waals surface area contributed by atoms with E-state index < -0.39 is 0 Å². The lowest BCUT2D eigenvalue weighted by Crippen LogP contribution is -2.34. The van der Waals surface area contributed by atoms with E-state index in [1.807, 2.05) is 0 Å². The van der Waals surface area contributed by atoms with Gasteiger partial charge < -0.3 is 24.4 Å². The molecule has 0 saturated heterocycles. The Kier molecular flexibility index (Phi) is 9.27. The van der Waals surface area contributed by atoms with Crippen molar-refractivity contribution in [2.24, 2.45) is 11.8 Å². The zero-order valence-electron chi connectivity index (χ0n) is 17.2. The van der Waals surface area contributed by atoms with Gasteiger partial charge in [0.1, 0.15) is 0 Å². The van der Waals surface area contributed by atoms with E-state index in [4.69, 9.17) is 14.2 Å². The first-order valence-corrected chi connectivity index (χ1v) is 9.12. The van der Waals surface area contributed by atoms with E-state index in [-0.39, 0.29) is 5.91 Å². The SMILES string of the molecule is COc1cc(NC(=O)CCN(CC(C)C)CC(C)C)cc(OC)c1OC. The summed E-state index contributed by atoms with van der Waals surface area (Å²) in [7, 11) is 4.66. The molecular weight excluding hydrogens is 332 g/mol. The van der Waals surface area contributed by atoms with Gasteiger partial charge in [-0.2, -0.15) is 0 Å². The second-order valence-corrected chi connectivity index (χ2v) is 7.26. The van der Waals surface area contributed by atoms with E-state index in [2.05, 4.69) is 37.9 Å². The number of hydrogen-bond acceptors (Lipinski definition) is 5. The van der Waals surface area contributed by atoms with Gasteiger partial charge in [0.05, 0.1) is 21.3 Å². The molecule has 0 aromatic heterocycles. The number of carbonyl (C=O) groups is 1. The number of ether oxygens (including phenoxy) is 3. The van der Waals surface area contributed by atoms with Crippen LogP contribution in [0.1, 0.15) is 34.1 Å². The van der Waals surface area contributed by atoms with Gasteiger partial charge in [0.25, 0.3) is 0 Å². The van der Waals surface area contributed by atoms with E-state index in [0.29, 0.717) is 41.2 Å². The molecule has 0 heterocycles. The average molecular weight is 367 g/mol. The quantitative estimate of drug-likeness (QED) is 0.648. The number of benzene rings is 1. The van der Waals surface area contributed by atoms with Gasteiger partial charge in [-0.1, -0.05) is 27.7 Å². The number of methoxy groups -OCH3 is 3. The van der Waals surface area contributed by atoms with Gasteiger partial charge in [-0.25, -0.2) is 0 Å². The van der Waals surface area contributed by atoms with Gasteiger partial charge in [-0.05, 0) is 11.8 Å². The number of amides is 1. The Bertz CT molecular complexity index is 538. The van der Waals surface area contributed by atoms with Crippen LogP contribution in [0.3, 0.4) is 0 Å². The lowest BCUT2D eigenvalue weighted by Gasteiger charge is -2.25. The Balaban J connectivity index is 2.74. The molecule has 6 heteroatoms. The average Bonchev–Trinajstić information content (AvgIpc) is 2.57. The van der Waals surface area contributed by atoms with Crippen molar-refractivity contribution in [3.8, 4) is 17.2 Å². The number of nitrogens with one attached hydrogen (secondary N) is 1. The standard InChI is InChI=1S/C20H34N2O4/c1-14(2)12-22(13-15(3)4)9-8-19(23)21-16-10-17(24-5)20(26-7)18(11-16)25-6/h10-11,14-15H,8-9,12-13H2,1-7H3,(H,21,23). The maximum atomic E-state index is 12.4. The molecule has 0 bridgehead atoms. The van der Waals surface area contributed by atoms with Gasteiger partial charge in [-0.15, -0.1) is 0 Å². The van der Waals surface area contributed by atoms with Crippen LogP contribution in [0.4, 0.5) is 5.69 Å². The van der Waals surface area contributed by atoms with Crippen molar-refractivity contribution in [1.82, 2.24) is 4.90 Å². The molecule has 0 saturated carbocycles. The lowest BCUT2D eigenvalue weighted by molar-refractivity contribution is -0.116. The second-order valence-electron chi connectivity index (χ2n) is 7.26. The third-order valence-electron chi connectivity index (χ3n) is 3.85. The number of nitrogens with zero attached hydrogens (tertiary/aromatic N) is 1. The smallest absolute Gasteiger partial charge is 0.225 e. The van der Waals surface area contributed by atoms with E-state index in [0.717, 1.165) is 19.6 Å². The zero-order chi connectivity index (χ0) is 19.7. The van der Waals surface area contributed by atoms with Crippen molar-refractivity contribution in [1.29, 1.82) is 0 Å². The first kappa shape index (κ1) is 22.1. The van der Waals surface area contributed by atoms with Crippen LogP contribution in [-0.4, -0.2) is 51.8 Å². The molecule has 0 unspecified atom stereocenters. The van der Waals surface area contributed by atoms with Crippen LogP contribution in [0, 0.1) is 11.8 Å². The molecule has 0 spiro atoms. The molecule has 1 rings (SSSR count). The highest BCUT2D eigenvalue weighted by Gasteiger charge is 2.16. The number of rotatable bonds is 11. The summed E-state index contributed by atoms with van der Waals surface area (Å²) >= 11 is 0. The predicted octanol–water partition coefficient (Wildman–Crippen LogP) is 3.66. The van der Waals surface area contributed by atoms with E-state index in [1.54, 1.807) is 33.5 Å². The van der Waals surface area contributed by atoms with Crippen LogP contribution >= 0.6 is 0 Å². The monoisotopic (exact) mass is 366 g/mol. The molecule has 0 aliphatic rings. The van der Waals surface area contributed by atoms with Crippen molar-refractivity contribution in [2.75, 3.05) is 46.3 Å². The summed E-state index contributed by atoms with van der Waals surface area (Å²) in [6.45, 7) is 11.5. The van der Waals surface area contributed by atoms with Crippen molar-refractivity contribution < 1.29 is 19.0 Å². The Morgan fingerprint density at radius 1 is 0.962 bits per heavy atom. The molecule has 0 aliphatic carbocycles. The molecule has 0 fully saturated rings. The van der Waals surface area contributed by atoms with Crippen LogP contribution in [0.25, 0.3) is 0 Å². The zero-order valence-corrected chi connectivity index (χ0v) is 17.2. The van der Waals surface area contributed by atoms with Crippen LogP contribution in [-0.2, 0) is 4.79 Å². The van der Waals surface area contributed by atoms with Crippen molar-refractivity contribution >= 4 is 11.6 Å². The van der Waals surface area contributed by atoms with Gasteiger partial charge >= 0.3 is 0 Å². The molecule has 26 heavy (non-hydrogen) atoms. The third-order valence-corrected chi connectivity index (χ3v) is 3.85. The predicted molar refractivity (Wildman–Crippen MR) is 105 cm³/mol. The topological polar surface area (TPSA) is 60.0 Å². The van der Waals surface area contributed by atoms with Gasteiger partial charge in [0, 0.05) is 43.9 Å². The van der Waals surface area contributed by atoms with E-state index in [1.165, 1.54) is 0 Å². The molecule has 1 aromatic carbocycles. The van der Waals surface area contributed by atoms with Crippen molar-refractivity contribution in [2.45, 2.75) is 34.1 Å². The van der Waals surface area contributed by atoms with Crippen molar-refractivity contribution in [3.63, 3.8) is 0 Å². The Labute approximate surface area is 157 Å². The normalized spacial score (nSPS) is 11.2. The van der Waals surface area contributed by atoms with Crippen molar-refractivity contribution in [3.05, 3.63) is 12.1 Å². The molecule has 1 aromatic rings. The van der Waals surface area contributed by atoms with E-state index >= 15 is 0 Å². The maximum absolute atomic E-state index is 12.4. The third kappa shape index (κ3) is 7.12. The van der Waals surface area contributed by atoms with Crippen LogP contribution in [0.5, 0.6) is 17.2 Å². The lowest BCUT2D eigenvalue weighted by atomic mass is 10.1. The minimum Gasteiger partial charge on any atom is -0.493 e. The van der Waals surface area contributed by atoms with Crippen LogP contribution in [0.15, 0.2) is 12.1 Å². The number of hydrogen-bond donors (Lipinski definition) is 1.